The zero-order chi connectivity index (χ0) is 34.3. The number of carbonyl (C=O) groups excluding carboxylic acids is 1. The zero-order valence-electron chi connectivity index (χ0n) is 25.7. The standard InChI is InChI=1S/C31H32BClF6N4O4/c1-5-6-23(32-46-22-13-16-12-21(28(16,2)3)29(22,4)47-32)41-26(44)20-8-7-19-24(33)42-25(27(45)43(19)20)40-14-15-9-17(30(34,35)36)11-18(10-15)31(37,38)39/h5,9-11,13,16,20-21,23H,1,6-8,12,14H2,2-4H3,(H,40,42)(H,41,44)/t16?,20-,21?,23-,29?/m0/s1. The number of allylic oxidation sites excluding steroid dienone is 1. The maximum absolute atomic E-state index is 13.7. The minimum atomic E-state index is -5.03. The van der Waals surface area contributed by atoms with Gasteiger partial charge in [-0.05, 0) is 79.7 Å². The van der Waals surface area contributed by atoms with Gasteiger partial charge in [0, 0.05) is 6.54 Å². The van der Waals surface area contributed by atoms with Crippen molar-refractivity contribution in [3.05, 3.63) is 80.6 Å². The van der Waals surface area contributed by atoms with Gasteiger partial charge < -0.3 is 19.9 Å². The van der Waals surface area contributed by atoms with Crippen molar-refractivity contribution in [2.45, 2.75) is 82.9 Å². The lowest BCUT2D eigenvalue weighted by atomic mass is 9.46. The molecule has 2 bridgehead atoms. The van der Waals surface area contributed by atoms with Crippen LogP contribution in [-0.4, -0.2) is 34.1 Å². The van der Waals surface area contributed by atoms with Gasteiger partial charge in [0.25, 0.3) is 5.56 Å². The zero-order valence-corrected chi connectivity index (χ0v) is 26.4. The molecule has 8 nitrogen and oxygen atoms in total. The lowest BCUT2D eigenvalue weighted by Gasteiger charge is -2.60. The molecule has 3 unspecified atom stereocenters. The second-order valence-electron chi connectivity index (χ2n) is 13.3. The quantitative estimate of drug-likeness (QED) is 0.188. The van der Waals surface area contributed by atoms with Crippen molar-refractivity contribution in [1.82, 2.24) is 14.9 Å². The Morgan fingerprint density at radius 1 is 1.19 bits per heavy atom. The molecule has 1 amide bonds. The van der Waals surface area contributed by atoms with Crippen molar-refractivity contribution in [2.75, 3.05) is 5.32 Å². The van der Waals surface area contributed by atoms with Crippen LogP contribution in [0.15, 0.2) is 47.5 Å². The highest BCUT2D eigenvalue weighted by molar-refractivity contribution is 6.48. The highest BCUT2D eigenvalue weighted by Crippen LogP contribution is 2.64. The van der Waals surface area contributed by atoms with Gasteiger partial charge in [-0.2, -0.15) is 26.3 Å². The number of nitrogens with one attached hydrogen (secondary N) is 2. The highest BCUT2D eigenvalue weighted by atomic mass is 35.5. The van der Waals surface area contributed by atoms with Gasteiger partial charge in [0.15, 0.2) is 11.0 Å². The first kappa shape index (κ1) is 33.4. The number of hydrogen-bond acceptors (Lipinski definition) is 6. The number of halogens is 7. The van der Waals surface area contributed by atoms with Crippen LogP contribution in [0.25, 0.3) is 0 Å². The first-order valence-corrected chi connectivity index (χ1v) is 15.5. The van der Waals surface area contributed by atoms with E-state index in [1.54, 1.807) is 6.08 Å². The summed E-state index contributed by atoms with van der Waals surface area (Å²) in [6, 6.07) is 0.0906. The van der Waals surface area contributed by atoms with Crippen LogP contribution in [0.3, 0.4) is 0 Å². The Hall–Kier alpha value is -3.46. The highest BCUT2D eigenvalue weighted by Gasteiger charge is 2.66. The Kier molecular flexibility index (Phi) is 8.05. The van der Waals surface area contributed by atoms with E-state index >= 15 is 0 Å². The molecule has 47 heavy (non-hydrogen) atoms. The third-order valence-electron chi connectivity index (χ3n) is 10.1. The molecular formula is C31H32BClF6N4O4. The van der Waals surface area contributed by atoms with E-state index in [2.05, 4.69) is 42.1 Å². The van der Waals surface area contributed by atoms with Gasteiger partial charge in [0.2, 0.25) is 5.91 Å². The Morgan fingerprint density at radius 3 is 2.45 bits per heavy atom. The van der Waals surface area contributed by atoms with E-state index in [0.29, 0.717) is 24.5 Å². The van der Waals surface area contributed by atoms with E-state index in [-0.39, 0.29) is 41.1 Å². The topological polar surface area (TPSA) is 94.5 Å². The maximum Gasteiger partial charge on any atom is 0.550 e. The molecule has 5 aliphatic rings. The molecule has 0 spiro atoms. The van der Waals surface area contributed by atoms with Gasteiger partial charge in [0.05, 0.1) is 22.8 Å². The Balaban J connectivity index is 1.22. The summed E-state index contributed by atoms with van der Waals surface area (Å²) in [6.45, 7) is 9.58. The molecule has 2 fully saturated rings. The van der Waals surface area contributed by atoms with E-state index in [4.69, 9.17) is 20.9 Å². The molecular weight excluding hydrogens is 653 g/mol. The van der Waals surface area contributed by atoms with E-state index in [0.717, 1.165) is 16.7 Å². The molecule has 1 saturated carbocycles. The summed E-state index contributed by atoms with van der Waals surface area (Å²) < 4.78 is 93.9. The Labute approximate surface area is 271 Å². The van der Waals surface area contributed by atoms with Gasteiger partial charge in [-0.1, -0.05) is 31.5 Å². The van der Waals surface area contributed by atoms with Crippen LogP contribution in [-0.2, 0) is 39.4 Å². The molecule has 5 atom stereocenters. The molecule has 1 aromatic heterocycles. The molecule has 2 aliphatic heterocycles. The number of alkyl halides is 6. The lowest BCUT2D eigenvalue weighted by Crippen LogP contribution is -2.59. The predicted octanol–water partition coefficient (Wildman–Crippen LogP) is 6.49. The predicted molar refractivity (Wildman–Crippen MR) is 161 cm³/mol. The second kappa shape index (κ2) is 11.3. The minimum absolute atomic E-state index is 0.0159. The fourth-order valence-corrected chi connectivity index (χ4v) is 7.69. The van der Waals surface area contributed by atoms with E-state index in [1.165, 1.54) is 0 Å². The van der Waals surface area contributed by atoms with Gasteiger partial charge in [-0.15, -0.1) is 6.58 Å². The largest absolute Gasteiger partial charge is 0.550 e. The Morgan fingerprint density at radius 2 is 1.85 bits per heavy atom. The summed E-state index contributed by atoms with van der Waals surface area (Å²) in [4.78, 5) is 31.3. The molecule has 252 valence electrons. The smallest absolute Gasteiger partial charge is 0.536 e. The van der Waals surface area contributed by atoms with Crippen molar-refractivity contribution in [3.63, 3.8) is 0 Å². The molecule has 2 N–H and O–H groups in total. The summed E-state index contributed by atoms with van der Waals surface area (Å²) in [5.41, 5.74) is -4.50. The SMILES string of the molecule is C=CC[C@H](NC(=O)[C@@H]1CCc2c(Cl)nc(NCc3cc(C(F)(F)F)cc(C(F)(F)F)c3)c(=O)n21)B1OC2=CC3CC(C2(C)O1)C3(C)C. The molecule has 3 heterocycles. The number of hydrogen-bond donors (Lipinski definition) is 2. The van der Waals surface area contributed by atoms with Crippen molar-refractivity contribution in [3.8, 4) is 0 Å². The average Bonchev–Trinajstić information content (AvgIpc) is 3.59. The number of amides is 1. The van der Waals surface area contributed by atoms with Crippen LogP contribution in [0.1, 0.15) is 68.5 Å². The number of carbonyl (C=O) groups is 1. The van der Waals surface area contributed by atoms with Crippen molar-refractivity contribution < 1.29 is 40.4 Å². The fourth-order valence-electron chi connectivity index (χ4n) is 7.42. The first-order valence-electron chi connectivity index (χ1n) is 15.2. The summed E-state index contributed by atoms with van der Waals surface area (Å²) in [7, 11) is -0.812. The fraction of sp³-hybridized carbons (Fsp3) is 0.516. The molecule has 1 aromatic carbocycles. The summed E-state index contributed by atoms with van der Waals surface area (Å²) in [5.74, 6) is -0.257. The van der Waals surface area contributed by atoms with Crippen molar-refractivity contribution in [1.29, 1.82) is 0 Å². The van der Waals surface area contributed by atoms with Crippen molar-refractivity contribution >= 4 is 30.4 Å². The summed E-state index contributed by atoms with van der Waals surface area (Å²) in [5, 5.41) is 5.33. The minimum Gasteiger partial charge on any atom is -0.536 e. The van der Waals surface area contributed by atoms with Crippen LogP contribution in [0, 0.1) is 17.3 Å². The molecule has 2 aromatic rings. The third-order valence-corrected chi connectivity index (χ3v) is 10.4. The van der Waals surface area contributed by atoms with Gasteiger partial charge in [-0.3, -0.25) is 14.2 Å². The first-order chi connectivity index (χ1) is 21.8. The van der Waals surface area contributed by atoms with Crippen LogP contribution >= 0.6 is 11.6 Å². The Bertz CT molecular complexity index is 1690. The number of rotatable bonds is 8. The van der Waals surface area contributed by atoms with E-state index in [9.17, 15) is 35.9 Å². The van der Waals surface area contributed by atoms with Gasteiger partial charge >= 0.3 is 19.5 Å². The number of aromatic nitrogens is 2. The van der Waals surface area contributed by atoms with Gasteiger partial charge in [-0.25, -0.2) is 4.98 Å². The average molecular weight is 685 g/mol. The van der Waals surface area contributed by atoms with E-state index < -0.39 is 77.6 Å². The van der Waals surface area contributed by atoms with Crippen LogP contribution in [0.4, 0.5) is 32.2 Å². The molecule has 1 saturated heterocycles. The lowest BCUT2D eigenvalue weighted by molar-refractivity contribution is -0.143. The number of nitrogens with zero attached hydrogens (tertiary/aromatic N) is 2. The normalized spacial score (nSPS) is 26.4. The van der Waals surface area contributed by atoms with E-state index in [1.807, 2.05) is 6.92 Å². The van der Waals surface area contributed by atoms with Crippen molar-refractivity contribution in [2.24, 2.45) is 17.3 Å². The molecule has 16 heteroatoms. The maximum atomic E-state index is 13.7. The monoisotopic (exact) mass is 684 g/mol. The molecule has 7 rings (SSSR count). The number of anilines is 1. The van der Waals surface area contributed by atoms with Crippen LogP contribution < -0.4 is 16.2 Å². The third kappa shape index (κ3) is 5.72. The molecule has 0 radical (unpaired) electrons. The second-order valence-corrected chi connectivity index (χ2v) is 13.7. The number of fused-ring (bicyclic) bond motifs is 1. The van der Waals surface area contributed by atoms with Crippen LogP contribution in [0.5, 0.6) is 0 Å². The number of benzene rings is 1. The van der Waals surface area contributed by atoms with Gasteiger partial charge in [0.1, 0.15) is 17.4 Å². The molecule has 3 aliphatic carbocycles. The summed E-state index contributed by atoms with van der Waals surface area (Å²) >= 11 is 6.35. The summed E-state index contributed by atoms with van der Waals surface area (Å²) in [6.07, 6.45) is -4.64. The van der Waals surface area contributed by atoms with Crippen LogP contribution in [0.2, 0.25) is 5.15 Å².